The maximum absolute atomic E-state index is 6.36. The SMILES string of the molecule is CC1(C)CC2(C1)NCCC1(CCOC1)O2. The minimum Gasteiger partial charge on any atom is -0.378 e. The summed E-state index contributed by atoms with van der Waals surface area (Å²) in [6.07, 6.45) is 4.47. The van der Waals surface area contributed by atoms with Gasteiger partial charge >= 0.3 is 0 Å². The van der Waals surface area contributed by atoms with Crippen LogP contribution in [0.25, 0.3) is 0 Å². The van der Waals surface area contributed by atoms with Gasteiger partial charge in [0.1, 0.15) is 5.72 Å². The Balaban J connectivity index is 1.72. The summed E-state index contributed by atoms with van der Waals surface area (Å²) < 4.78 is 11.9. The Morgan fingerprint density at radius 1 is 1.13 bits per heavy atom. The molecule has 3 rings (SSSR count). The van der Waals surface area contributed by atoms with Gasteiger partial charge in [-0.3, -0.25) is 5.32 Å². The summed E-state index contributed by atoms with van der Waals surface area (Å²) in [6.45, 7) is 7.39. The van der Waals surface area contributed by atoms with Gasteiger partial charge < -0.3 is 9.47 Å². The van der Waals surface area contributed by atoms with Gasteiger partial charge in [-0.2, -0.15) is 0 Å². The molecule has 3 aliphatic rings. The first-order valence-corrected chi connectivity index (χ1v) is 6.06. The smallest absolute Gasteiger partial charge is 0.121 e. The predicted octanol–water partition coefficient (Wildman–Crippen LogP) is 1.67. The lowest BCUT2D eigenvalue weighted by atomic mass is 9.64. The van der Waals surface area contributed by atoms with Crippen LogP contribution in [0.5, 0.6) is 0 Å². The van der Waals surface area contributed by atoms with E-state index in [1.165, 1.54) is 0 Å². The number of nitrogens with one attached hydrogen (secondary N) is 1. The first kappa shape index (κ1) is 10.1. The summed E-state index contributed by atoms with van der Waals surface area (Å²) in [4.78, 5) is 0. The minimum absolute atomic E-state index is 0.0184. The van der Waals surface area contributed by atoms with Crippen molar-refractivity contribution in [1.82, 2.24) is 5.32 Å². The van der Waals surface area contributed by atoms with Gasteiger partial charge in [0.05, 0.1) is 12.2 Å². The van der Waals surface area contributed by atoms with Crippen molar-refractivity contribution in [3.63, 3.8) is 0 Å². The molecule has 1 unspecified atom stereocenters. The fourth-order valence-corrected chi connectivity index (χ4v) is 3.58. The van der Waals surface area contributed by atoms with Crippen molar-refractivity contribution in [2.24, 2.45) is 5.41 Å². The number of rotatable bonds is 0. The van der Waals surface area contributed by atoms with Gasteiger partial charge in [-0.05, 0) is 24.7 Å². The highest BCUT2D eigenvalue weighted by Gasteiger charge is 2.56. The van der Waals surface area contributed by atoms with Crippen LogP contribution in [0.1, 0.15) is 39.5 Å². The van der Waals surface area contributed by atoms with E-state index < -0.39 is 0 Å². The second-order valence-electron chi connectivity index (χ2n) is 6.28. The fraction of sp³-hybridized carbons (Fsp3) is 1.00. The molecule has 1 aliphatic carbocycles. The highest BCUT2D eigenvalue weighted by Crippen LogP contribution is 2.52. The van der Waals surface area contributed by atoms with Crippen molar-refractivity contribution in [1.29, 1.82) is 0 Å². The van der Waals surface area contributed by atoms with Crippen molar-refractivity contribution in [3.05, 3.63) is 0 Å². The summed E-state index contributed by atoms with van der Waals surface area (Å²) in [5, 5.41) is 3.56. The van der Waals surface area contributed by atoms with E-state index in [-0.39, 0.29) is 11.3 Å². The van der Waals surface area contributed by atoms with Crippen molar-refractivity contribution in [3.8, 4) is 0 Å². The molecule has 0 bridgehead atoms. The zero-order chi connectivity index (χ0) is 10.6. The molecule has 2 heterocycles. The summed E-state index contributed by atoms with van der Waals surface area (Å²) in [5.74, 6) is 0. The maximum Gasteiger partial charge on any atom is 0.121 e. The summed E-state index contributed by atoms with van der Waals surface area (Å²) in [5.41, 5.74) is 0.474. The molecule has 0 amide bonds. The van der Waals surface area contributed by atoms with E-state index in [9.17, 15) is 0 Å². The molecule has 1 saturated carbocycles. The Morgan fingerprint density at radius 2 is 1.93 bits per heavy atom. The molecular weight excluding hydrogens is 190 g/mol. The first-order valence-electron chi connectivity index (χ1n) is 6.06. The fourth-order valence-electron chi connectivity index (χ4n) is 3.58. The minimum atomic E-state index is -0.0184. The molecule has 0 radical (unpaired) electrons. The van der Waals surface area contributed by atoms with Gasteiger partial charge in [-0.15, -0.1) is 0 Å². The van der Waals surface area contributed by atoms with E-state index in [1.807, 2.05) is 0 Å². The van der Waals surface area contributed by atoms with Crippen LogP contribution in [0.3, 0.4) is 0 Å². The van der Waals surface area contributed by atoms with E-state index in [2.05, 4.69) is 19.2 Å². The third-order valence-corrected chi connectivity index (χ3v) is 4.04. The van der Waals surface area contributed by atoms with Crippen LogP contribution in [-0.4, -0.2) is 31.1 Å². The molecule has 1 N–H and O–H groups in total. The standard InChI is InChI=1S/C12H21NO2/c1-10(2)7-12(8-10)13-5-3-11(15-12)4-6-14-9-11/h13H,3-9H2,1-2H3. The van der Waals surface area contributed by atoms with E-state index in [1.54, 1.807) is 0 Å². The first-order chi connectivity index (χ1) is 7.04. The molecule has 86 valence electrons. The molecule has 3 nitrogen and oxygen atoms in total. The van der Waals surface area contributed by atoms with E-state index in [0.717, 1.165) is 45.4 Å². The summed E-state index contributed by atoms with van der Waals surface area (Å²) in [6, 6.07) is 0. The Morgan fingerprint density at radius 3 is 2.53 bits per heavy atom. The Bertz CT molecular complexity index is 261. The monoisotopic (exact) mass is 211 g/mol. The topological polar surface area (TPSA) is 30.5 Å². The Kier molecular flexibility index (Phi) is 1.99. The van der Waals surface area contributed by atoms with Gasteiger partial charge in [0.15, 0.2) is 0 Å². The lowest BCUT2D eigenvalue weighted by molar-refractivity contribution is -0.263. The molecule has 2 spiro atoms. The molecule has 0 aromatic heterocycles. The van der Waals surface area contributed by atoms with Crippen molar-refractivity contribution in [2.75, 3.05) is 19.8 Å². The molecule has 1 atom stereocenters. The molecule has 2 aliphatic heterocycles. The molecule has 2 saturated heterocycles. The molecule has 15 heavy (non-hydrogen) atoms. The molecule has 3 heteroatoms. The Labute approximate surface area is 91.5 Å². The van der Waals surface area contributed by atoms with Gasteiger partial charge in [0, 0.05) is 19.6 Å². The molecular formula is C12H21NO2. The van der Waals surface area contributed by atoms with Crippen LogP contribution in [0.2, 0.25) is 0 Å². The van der Waals surface area contributed by atoms with Crippen LogP contribution in [0.4, 0.5) is 0 Å². The second-order valence-corrected chi connectivity index (χ2v) is 6.28. The quantitative estimate of drug-likeness (QED) is 0.661. The van der Waals surface area contributed by atoms with Crippen molar-refractivity contribution in [2.45, 2.75) is 50.9 Å². The lowest BCUT2D eigenvalue weighted by Gasteiger charge is -2.58. The van der Waals surface area contributed by atoms with Crippen LogP contribution in [0.15, 0.2) is 0 Å². The van der Waals surface area contributed by atoms with Crippen LogP contribution < -0.4 is 5.32 Å². The normalized spacial score (nSPS) is 42.0. The second kappa shape index (κ2) is 2.96. The van der Waals surface area contributed by atoms with E-state index >= 15 is 0 Å². The van der Waals surface area contributed by atoms with Gasteiger partial charge in [-0.25, -0.2) is 0 Å². The van der Waals surface area contributed by atoms with Gasteiger partial charge in [0.25, 0.3) is 0 Å². The average Bonchev–Trinajstić information content (AvgIpc) is 2.49. The summed E-state index contributed by atoms with van der Waals surface area (Å²) >= 11 is 0. The average molecular weight is 211 g/mol. The third kappa shape index (κ3) is 1.61. The zero-order valence-electron chi connectivity index (χ0n) is 9.77. The van der Waals surface area contributed by atoms with E-state index in [4.69, 9.17) is 9.47 Å². The van der Waals surface area contributed by atoms with E-state index in [0.29, 0.717) is 5.41 Å². The molecule has 0 aromatic carbocycles. The maximum atomic E-state index is 6.36. The van der Waals surface area contributed by atoms with Gasteiger partial charge in [-0.1, -0.05) is 13.8 Å². The Hall–Kier alpha value is -0.120. The highest BCUT2D eigenvalue weighted by molar-refractivity contribution is 5.05. The van der Waals surface area contributed by atoms with Crippen LogP contribution in [0, 0.1) is 5.41 Å². The predicted molar refractivity (Wildman–Crippen MR) is 57.6 cm³/mol. The third-order valence-electron chi connectivity index (χ3n) is 4.04. The zero-order valence-corrected chi connectivity index (χ0v) is 9.77. The number of hydrogen-bond acceptors (Lipinski definition) is 3. The lowest BCUT2D eigenvalue weighted by Crippen LogP contribution is -2.67. The number of hydrogen-bond donors (Lipinski definition) is 1. The van der Waals surface area contributed by atoms with Crippen LogP contribution >= 0.6 is 0 Å². The molecule has 3 fully saturated rings. The van der Waals surface area contributed by atoms with Gasteiger partial charge in [0.2, 0.25) is 0 Å². The van der Waals surface area contributed by atoms with Crippen molar-refractivity contribution < 1.29 is 9.47 Å². The molecule has 0 aromatic rings. The summed E-state index contributed by atoms with van der Waals surface area (Å²) in [7, 11) is 0. The van der Waals surface area contributed by atoms with Crippen LogP contribution in [-0.2, 0) is 9.47 Å². The largest absolute Gasteiger partial charge is 0.378 e. The highest BCUT2D eigenvalue weighted by atomic mass is 16.6. The number of ether oxygens (including phenoxy) is 2. The van der Waals surface area contributed by atoms with Crippen molar-refractivity contribution >= 4 is 0 Å².